The van der Waals surface area contributed by atoms with Crippen LogP contribution in [0.4, 0.5) is 0 Å². The first-order valence-corrected chi connectivity index (χ1v) is 7.56. The van der Waals surface area contributed by atoms with E-state index in [1.54, 1.807) is 19.1 Å². The molecular weight excluding hydrogens is 283 g/mol. The molecule has 0 N–H and O–H groups in total. The molecule has 0 aliphatic carbocycles. The number of Topliss-reactive ketones (excluding diaryl/α,β-unsaturated/α-hetero) is 1. The number of sulfone groups is 1. The van der Waals surface area contributed by atoms with Gasteiger partial charge in [-0.2, -0.15) is 0 Å². The molecule has 0 aromatic heterocycles. The Bertz CT molecular complexity index is 539. The quantitative estimate of drug-likeness (QED) is 0.634. The molecular formula is C11H12Cl2O3S. The van der Waals surface area contributed by atoms with Gasteiger partial charge in [0, 0.05) is 16.8 Å². The Hall–Kier alpha value is -0.580. The molecule has 0 saturated heterocycles. The summed E-state index contributed by atoms with van der Waals surface area (Å²) in [6.07, 6.45) is 0.949. The highest BCUT2D eigenvalue weighted by Gasteiger charge is 2.44. The average molecular weight is 295 g/mol. The van der Waals surface area contributed by atoms with Crippen molar-refractivity contribution < 1.29 is 13.2 Å². The summed E-state index contributed by atoms with van der Waals surface area (Å²) in [6.45, 7) is 1.55. The SMILES string of the molecule is CC[C@](Cl)(C(=O)c1cccc(Cl)c1)S(C)(=O)=O. The molecule has 0 radical (unpaired) electrons. The van der Waals surface area contributed by atoms with Gasteiger partial charge in [0.15, 0.2) is 15.6 Å². The highest BCUT2D eigenvalue weighted by molar-refractivity contribution is 7.94. The first-order chi connectivity index (χ1) is 7.72. The lowest BCUT2D eigenvalue weighted by atomic mass is 10.1. The first-order valence-electron chi connectivity index (χ1n) is 4.91. The number of halogens is 2. The molecule has 0 bridgehead atoms. The second kappa shape index (κ2) is 4.96. The molecule has 0 amide bonds. The zero-order valence-corrected chi connectivity index (χ0v) is 11.7. The second-order valence-electron chi connectivity index (χ2n) is 3.69. The van der Waals surface area contributed by atoms with Gasteiger partial charge < -0.3 is 0 Å². The summed E-state index contributed by atoms with van der Waals surface area (Å²) < 4.78 is 21.3. The smallest absolute Gasteiger partial charge is 0.207 e. The molecule has 1 atom stereocenters. The molecule has 1 aromatic rings. The van der Waals surface area contributed by atoms with Crippen LogP contribution in [0.3, 0.4) is 0 Å². The Kier molecular flexibility index (Phi) is 4.23. The molecule has 0 fully saturated rings. The monoisotopic (exact) mass is 294 g/mol. The maximum Gasteiger partial charge on any atom is 0.207 e. The van der Waals surface area contributed by atoms with E-state index in [-0.39, 0.29) is 12.0 Å². The number of hydrogen-bond acceptors (Lipinski definition) is 3. The molecule has 1 aromatic carbocycles. The predicted octanol–water partition coefficient (Wildman–Crippen LogP) is 2.91. The van der Waals surface area contributed by atoms with Crippen LogP contribution in [0, 0.1) is 0 Å². The highest BCUT2D eigenvalue weighted by atomic mass is 35.5. The van der Waals surface area contributed by atoms with E-state index >= 15 is 0 Å². The van der Waals surface area contributed by atoms with Crippen molar-refractivity contribution in [3.8, 4) is 0 Å². The topological polar surface area (TPSA) is 51.2 Å². The van der Waals surface area contributed by atoms with E-state index in [2.05, 4.69) is 0 Å². The minimum Gasteiger partial charge on any atom is -0.291 e. The standard InChI is InChI=1S/C11H12Cl2O3S/c1-3-11(13,17(2,15)16)10(14)8-5-4-6-9(12)7-8/h4-7H,3H2,1-2H3/t11-/m1/s1. The number of carbonyl (C=O) groups is 1. The number of benzene rings is 1. The van der Waals surface area contributed by atoms with Gasteiger partial charge in [-0.15, -0.1) is 0 Å². The van der Waals surface area contributed by atoms with Crippen LogP contribution in [0.25, 0.3) is 0 Å². The van der Waals surface area contributed by atoms with E-state index < -0.39 is 19.8 Å². The Labute approximate surface area is 111 Å². The van der Waals surface area contributed by atoms with Crippen molar-refractivity contribution in [2.45, 2.75) is 17.6 Å². The zero-order chi connectivity index (χ0) is 13.3. The maximum atomic E-state index is 12.1. The number of rotatable bonds is 4. The molecule has 6 heteroatoms. The normalized spacial score (nSPS) is 15.3. The van der Waals surface area contributed by atoms with Crippen LogP contribution >= 0.6 is 23.2 Å². The summed E-state index contributed by atoms with van der Waals surface area (Å²) in [5.41, 5.74) is 0.194. The van der Waals surface area contributed by atoms with Gasteiger partial charge in [0.1, 0.15) is 0 Å². The summed E-state index contributed by atoms with van der Waals surface area (Å²) in [4.78, 5) is 12.1. The molecule has 94 valence electrons. The van der Waals surface area contributed by atoms with Crippen molar-refractivity contribution in [2.75, 3.05) is 6.26 Å². The average Bonchev–Trinajstić information content (AvgIpc) is 2.25. The van der Waals surface area contributed by atoms with Gasteiger partial charge in [-0.3, -0.25) is 4.79 Å². The number of alkyl halides is 1. The van der Waals surface area contributed by atoms with Gasteiger partial charge in [0.2, 0.25) is 4.21 Å². The van der Waals surface area contributed by atoms with E-state index in [1.807, 2.05) is 0 Å². The van der Waals surface area contributed by atoms with Crippen molar-refractivity contribution in [2.24, 2.45) is 0 Å². The molecule has 3 nitrogen and oxygen atoms in total. The Morgan fingerprint density at radius 3 is 2.41 bits per heavy atom. The third kappa shape index (κ3) is 2.81. The third-order valence-corrected chi connectivity index (χ3v) is 5.63. The van der Waals surface area contributed by atoms with Crippen molar-refractivity contribution in [3.63, 3.8) is 0 Å². The molecule has 0 aliphatic rings. The fraction of sp³-hybridized carbons (Fsp3) is 0.364. The van der Waals surface area contributed by atoms with Crippen molar-refractivity contribution in [1.29, 1.82) is 0 Å². The molecule has 0 saturated carbocycles. The molecule has 0 heterocycles. The Morgan fingerprint density at radius 2 is 2.00 bits per heavy atom. The Balaban J connectivity index is 3.29. The highest BCUT2D eigenvalue weighted by Crippen LogP contribution is 2.31. The summed E-state index contributed by atoms with van der Waals surface area (Å²) >= 11 is 11.7. The van der Waals surface area contributed by atoms with Gasteiger partial charge in [0.25, 0.3) is 0 Å². The molecule has 0 spiro atoms. The molecule has 0 aliphatic heterocycles. The number of carbonyl (C=O) groups excluding carboxylic acids is 1. The van der Waals surface area contributed by atoms with Crippen LogP contribution in [0.5, 0.6) is 0 Å². The van der Waals surface area contributed by atoms with Gasteiger partial charge >= 0.3 is 0 Å². The van der Waals surface area contributed by atoms with E-state index in [4.69, 9.17) is 23.2 Å². The summed E-state index contributed by atoms with van der Waals surface area (Å²) in [6, 6.07) is 6.07. The zero-order valence-electron chi connectivity index (χ0n) is 9.41. The second-order valence-corrected chi connectivity index (χ2v) is 7.24. The first kappa shape index (κ1) is 14.5. The fourth-order valence-corrected chi connectivity index (χ4v) is 2.71. The molecule has 1 rings (SSSR count). The summed E-state index contributed by atoms with van der Waals surface area (Å²) in [5, 5.41) is 0.361. The summed E-state index contributed by atoms with van der Waals surface area (Å²) in [5.74, 6) is -0.647. The number of ketones is 1. The van der Waals surface area contributed by atoms with E-state index in [9.17, 15) is 13.2 Å². The molecule has 0 unspecified atom stereocenters. The van der Waals surface area contributed by atoms with Gasteiger partial charge in [-0.1, -0.05) is 42.3 Å². The van der Waals surface area contributed by atoms with Crippen molar-refractivity contribution in [1.82, 2.24) is 0 Å². The van der Waals surface area contributed by atoms with Crippen LogP contribution in [0.15, 0.2) is 24.3 Å². The lowest BCUT2D eigenvalue weighted by Gasteiger charge is -2.21. The minimum atomic E-state index is -3.70. The van der Waals surface area contributed by atoms with Crippen LogP contribution in [-0.2, 0) is 9.84 Å². The predicted molar refractivity (Wildman–Crippen MR) is 69.5 cm³/mol. The fourth-order valence-electron chi connectivity index (χ4n) is 1.44. The van der Waals surface area contributed by atoms with Crippen molar-refractivity contribution >= 4 is 38.8 Å². The number of hydrogen-bond donors (Lipinski definition) is 0. The lowest BCUT2D eigenvalue weighted by Crippen LogP contribution is -2.40. The van der Waals surface area contributed by atoms with Gasteiger partial charge in [-0.25, -0.2) is 8.42 Å². The maximum absolute atomic E-state index is 12.1. The van der Waals surface area contributed by atoms with E-state index in [1.165, 1.54) is 12.1 Å². The Morgan fingerprint density at radius 1 is 1.41 bits per heavy atom. The van der Waals surface area contributed by atoms with Crippen LogP contribution in [-0.4, -0.2) is 24.7 Å². The van der Waals surface area contributed by atoms with Gasteiger partial charge in [0.05, 0.1) is 0 Å². The third-order valence-electron chi connectivity index (χ3n) is 2.47. The van der Waals surface area contributed by atoms with Crippen LogP contribution in [0.2, 0.25) is 5.02 Å². The molecule has 17 heavy (non-hydrogen) atoms. The summed E-state index contributed by atoms with van der Waals surface area (Å²) in [7, 11) is -3.70. The van der Waals surface area contributed by atoms with Crippen LogP contribution < -0.4 is 0 Å². The minimum absolute atomic E-state index is 0.00125. The van der Waals surface area contributed by atoms with Crippen LogP contribution in [0.1, 0.15) is 23.7 Å². The van der Waals surface area contributed by atoms with E-state index in [0.717, 1.165) is 6.26 Å². The largest absolute Gasteiger partial charge is 0.291 e. The van der Waals surface area contributed by atoms with Gasteiger partial charge in [-0.05, 0) is 18.6 Å². The van der Waals surface area contributed by atoms with E-state index in [0.29, 0.717) is 5.02 Å². The van der Waals surface area contributed by atoms with Crippen molar-refractivity contribution in [3.05, 3.63) is 34.9 Å². The lowest BCUT2D eigenvalue weighted by molar-refractivity contribution is 0.0970.